The van der Waals surface area contributed by atoms with Crippen molar-refractivity contribution in [3.05, 3.63) is 62.3 Å². The molecule has 1 amide bonds. The molecule has 0 radical (unpaired) electrons. The van der Waals surface area contributed by atoms with Gasteiger partial charge in [0.2, 0.25) is 0 Å². The Bertz CT molecular complexity index is 1040. The Morgan fingerprint density at radius 3 is 2.50 bits per heavy atom. The van der Waals surface area contributed by atoms with E-state index in [4.69, 9.17) is 0 Å². The van der Waals surface area contributed by atoms with Crippen molar-refractivity contribution in [2.24, 2.45) is 12.0 Å². The van der Waals surface area contributed by atoms with E-state index in [-0.39, 0.29) is 11.6 Å². The average Bonchev–Trinajstić information content (AvgIpc) is 3.24. The molecule has 0 atom stereocenters. The molecule has 30 heavy (non-hydrogen) atoms. The second-order valence-electron chi connectivity index (χ2n) is 7.34. The number of carbonyl (C=O) groups is 1. The van der Waals surface area contributed by atoms with Gasteiger partial charge in [-0.25, -0.2) is 0 Å². The summed E-state index contributed by atoms with van der Waals surface area (Å²) in [5.41, 5.74) is 3.06. The normalized spacial score (nSPS) is 18.9. The molecular formula is C20H22N6O3S. The van der Waals surface area contributed by atoms with Crippen molar-refractivity contribution in [2.75, 3.05) is 26.2 Å². The monoisotopic (exact) mass is 426 g/mol. The number of hydrogen-bond donors (Lipinski definition) is 0. The zero-order valence-electron chi connectivity index (χ0n) is 16.8. The highest BCUT2D eigenvalue weighted by molar-refractivity contribution is 8.18. The molecule has 2 aromatic rings. The van der Waals surface area contributed by atoms with Crippen molar-refractivity contribution in [3.8, 4) is 0 Å². The molecule has 156 valence electrons. The number of amidine groups is 1. The minimum atomic E-state index is -0.442. The van der Waals surface area contributed by atoms with Crippen LogP contribution in [0.5, 0.6) is 0 Å². The summed E-state index contributed by atoms with van der Waals surface area (Å²) in [6.45, 7) is 6.30. The van der Waals surface area contributed by atoms with Crippen molar-refractivity contribution < 1.29 is 9.72 Å². The number of benzene rings is 1. The molecule has 2 aliphatic rings. The van der Waals surface area contributed by atoms with Gasteiger partial charge in [-0.05, 0) is 42.5 Å². The molecule has 10 heteroatoms. The van der Waals surface area contributed by atoms with Crippen LogP contribution < -0.4 is 0 Å². The van der Waals surface area contributed by atoms with Gasteiger partial charge in [0.1, 0.15) is 0 Å². The summed E-state index contributed by atoms with van der Waals surface area (Å²) in [6, 6.07) is 6.13. The highest BCUT2D eigenvalue weighted by atomic mass is 32.2. The molecule has 1 aromatic carbocycles. The van der Waals surface area contributed by atoms with E-state index in [0.717, 1.165) is 49.1 Å². The van der Waals surface area contributed by atoms with Crippen LogP contribution in [-0.4, -0.2) is 61.8 Å². The summed E-state index contributed by atoms with van der Waals surface area (Å²) < 4.78 is 1.84. The quantitative estimate of drug-likeness (QED) is 0.421. The lowest BCUT2D eigenvalue weighted by molar-refractivity contribution is -0.384. The van der Waals surface area contributed by atoms with Crippen LogP contribution in [0, 0.1) is 17.0 Å². The molecule has 2 aliphatic heterocycles. The topological polar surface area (TPSA) is 96.9 Å². The SMILES string of the molecule is Cc1nn(C)cc1CN1CCN(C2=NC(=O)/C(=C/c3ccc([N+](=O)[O-])cc3)S2)CC1. The van der Waals surface area contributed by atoms with Gasteiger partial charge < -0.3 is 4.90 Å². The number of thioether (sulfide) groups is 1. The van der Waals surface area contributed by atoms with Crippen LogP contribution in [0.15, 0.2) is 40.4 Å². The largest absolute Gasteiger partial charge is 0.348 e. The maximum Gasteiger partial charge on any atom is 0.286 e. The molecule has 0 bridgehead atoms. The first-order valence-electron chi connectivity index (χ1n) is 9.62. The molecule has 1 fully saturated rings. The number of piperazine rings is 1. The Morgan fingerprint density at radius 1 is 1.20 bits per heavy atom. The smallest absolute Gasteiger partial charge is 0.286 e. The van der Waals surface area contributed by atoms with Crippen LogP contribution in [-0.2, 0) is 18.4 Å². The first-order valence-corrected chi connectivity index (χ1v) is 10.4. The third-order valence-corrected chi connectivity index (χ3v) is 6.21. The zero-order chi connectivity index (χ0) is 21.3. The van der Waals surface area contributed by atoms with Crippen LogP contribution in [0.3, 0.4) is 0 Å². The third kappa shape index (κ3) is 4.44. The number of aryl methyl sites for hydroxylation is 2. The lowest BCUT2D eigenvalue weighted by atomic mass is 10.2. The minimum Gasteiger partial charge on any atom is -0.348 e. The molecule has 4 rings (SSSR count). The summed E-state index contributed by atoms with van der Waals surface area (Å²) in [6.07, 6.45) is 3.79. The van der Waals surface area contributed by atoms with E-state index in [1.807, 2.05) is 18.7 Å². The van der Waals surface area contributed by atoms with Crippen LogP contribution in [0.2, 0.25) is 0 Å². The highest BCUT2D eigenvalue weighted by Crippen LogP contribution is 2.31. The van der Waals surface area contributed by atoms with E-state index in [2.05, 4.69) is 26.1 Å². The van der Waals surface area contributed by atoms with Gasteiger partial charge in [-0.2, -0.15) is 10.1 Å². The van der Waals surface area contributed by atoms with E-state index in [9.17, 15) is 14.9 Å². The van der Waals surface area contributed by atoms with E-state index >= 15 is 0 Å². The number of aliphatic imine (C=N–C) groups is 1. The highest BCUT2D eigenvalue weighted by Gasteiger charge is 2.28. The molecule has 1 saturated heterocycles. The van der Waals surface area contributed by atoms with Gasteiger partial charge in [0.25, 0.3) is 11.6 Å². The van der Waals surface area contributed by atoms with Crippen molar-refractivity contribution in [1.29, 1.82) is 0 Å². The molecule has 0 N–H and O–H groups in total. The standard InChI is InChI=1S/C20H22N6O3S/c1-14-16(12-23(2)22-14)13-24-7-9-25(10-8-24)20-21-19(27)18(30-20)11-15-3-5-17(6-4-15)26(28)29/h3-6,11-12H,7-10,13H2,1-2H3/b18-11-. The summed E-state index contributed by atoms with van der Waals surface area (Å²) in [5, 5.41) is 15.9. The fourth-order valence-corrected chi connectivity index (χ4v) is 4.48. The average molecular weight is 427 g/mol. The summed E-state index contributed by atoms with van der Waals surface area (Å²) in [7, 11) is 1.93. The van der Waals surface area contributed by atoms with E-state index in [0.29, 0.717) is 4.91 Å². The number of nitrogens with zero attached hydrogens (tertiary/aromatic N) is 6. The second kappa shape index (κ2) is 8.41. The van der Waals surface area contributed by atoms with Crippen LogP contribution >= 0.6 is 11.8 Å². The summed E-state index contributed by atoms with van der Waals surface area (Å²) in [4.78, 5) is 31.9. The van der Waals surface area contributed by atoms with E-state index in [1.165, 1.54) is 29.5 Å². The Kier molecular flexibility index (Phi) is 5.69. The molecular weight excluding hydrogens is 404 g/mol. The van der Waals surface area contributed by atoms with Crippen LogP contribution in [0.25, 0.3) is 6.08 Å². The number of hydrogen-bond acceptors (Lipinski definition) is 7. The molecule has 9 nitrogen and oxygen atoms in total. The fourth-order valence-electron chi connectivity index (χ4n) is 3.52. The van der Waals surface area contributed by atoms with E-state index in [1.54, 1.807) is 18.2 Å². The first kappa shape index (κ1) is 20.3. The summed E-state index contributed by atoms with van der Waals surface area (Å²) >= 11 is 1.36. The zero-order valence-corrected chi connectivity index (χ0v) is 17.6. The van der Waals surface area contributed by atoms with E-state index < -0.39 is 4.92 Å². The lowest BCUT2D eigenvalue weighted by Crippen LogP contribution is -2.47. The summed E-state index contributed by atoms with van der Waals surface area (Å²) in [5.74, 6) is -0.262. The maximum absolute atomic E-state index is 12.3. The minimum absolute atomic E-state index is 0.0267. The number of non-ortho nitro benzene ring substituents is 1. The van der Waals surface area contributed by atoms with Crippen LogP contribution in [0.4, 0.5) is 5.69 Å². The number of amides is 1. The van der Waals surface area contributed by atoms with Gasteiger partial charge in [-0.15, -0.1) is 0 Å². The van der Waals surface area contributed by atoms with Crippen molar-refractivity contribution in [2.45, 2.75) is 13.5 Å². The Balaban J connectivity index is 1.35. The number of aromatic nitrogens is 2. The molecule has 0 spiro atoms. The number of nitro groups is 1. The Hall–Kier alpha value is -2.98. The first-order chi connectivity index (χ1) is 14.4. The molecule has 3 heterocycles. The molecule has 0 saturated carbocycles. The lowest BCUT2D eigenvalue weighted by Gasteiger charge is -2.35. The Morgan fingerprint density at radius 2 is 1.90 bits per heavy atom. The van der Waals surface area contributed by atoms with Gasteiger partial charge in [0, 0.05) is 63.7 Å². The van der Waals surface area contributed by atoms with Crippen LogP contribution in [0.1, 0.15) is 16.8 Å². The van der Waals surface area contributed by atoms with Gasteiger partial charge in [0.05, 0.1) is 15.5 Å². The van der Waals surface area contributed by atoms with Gasteiger partial charge in [0.15, 0.2) is 5.17 Å². The predicted octanol–water partition coefficient (Wildman–Crippen LogP) is 2.42. The maximum atomic E-state index is 12.3. The molecule has 0 unspecified atom stereocenters. The Labute approximate surface area is 178 Å². The van der Waals surface area contributed by atoms with Gasteiger partial charge in [-0.1, -0.05) is 0 Å². The fraction of sp³-hybridized carbons (Fsp3) is 0.350. The number of rotatable bonds is 4. The van der Waals surface area contributed by atoms with Gasteiger partial charge in [-0.3, -0.25) is 24.5 Å². The molecule has 0 aliphatic carbocycles. The van der Waals surface area contributed by atoms with Crippen molar-refractivity contribution in [3.63, 3.8) is 0 Å². The predicted molar refractivity (Wildman–Crippen MR) is 116 cm³/mol. The number of carbonyl (C=O) groups excluding carboxylic acids is 1. The number of nitro benzene ring substituents is 1. The molecule has 1 aromatic heterocycles. The third-order valence-electron chi connectivity index (χ3n) is 5.16. The van der Waals surface area contributed by atoms with Crippen molar-refractivity contribution in [1.82, 2.24) is 19.6 Å². The van der Waals surface area contributed by atoms with Gasteiger partial charge >= 0.3 is 0 Å². The second-order valence-corrected chi connectivity index (χ2v) is 8.34. The van der Waals surface area contributed by atoms with Crippen molar-refractivity contribution >= 4 is 34.6 Å².